The van der Waals surface area contributed by atoms with Crippen LogP contribution in [0, 0.1) is 11.7 Å². The molecule has 0 amide bonds. The average molecular weight is 367 g/mol. The van der Waals surface area contributed by atoms with Gasteiger partial charge in [-0.05, 0) is 50.8 Å². The standard InChI is InChI=1S/C21H26FN5/c1-6-14(7-2)16-10-12(3)25-27-19(13(4)23-20(16)27)21-24-17-11-15(22)8-9-18(17)26(21)5/h8-11,13-14,19H,6-7H2,1-5H3. The molecule has 6 heteroatoms. The van der Waals surface area contributed by atoms with Gasteiger partial charge >= 0.3 is 0 Å². The lowest BCUT2D eigenvalue weighted by molar-refractivity contribution is 0.309. The van der Waals surface area contributed by atoms with Gasteiger partial charge in [-0.1, -0.05) is 13.8 Å². The summed E-state index contributed by atoms with van der Waals surface area (Å²) >= 11 is 0. The molecule has 0 aliphatic carbocycles. The van der Waals surface area contributed by atoms with Crippen LogP contribution in [0.3, 0.4) is 0 Å². The molecule has 4 rings (SSSR count). The van der Waals surface area contributed by atoms with Crippen molar-refractivity contribution in [2.24, 2.45) is 23.1 Å². The Morgan fingerprint density at radius 1 is 1.22 bits per heavy atom. The molecule has 0 saturated heterocycles. The number of amidine groups is 1. The van der Waals surface area contributed by atoms with Crippen LogP contribution in [0.25, 0.3) is 11.0 Å². The fraction of sp³-hybridized carbons (Fsp3) is 0.476. The largest absolute Gasteiger partial charge is 0.329 e. The highest BCUT2D eigenvalue weighted by atomic mass is 19.1. The van der Waals surface area contributed by atoms with Crippen LogP contribution in [-0.4, -0.2) is 32.1 Å². The topological polar surface area (TPSA) is 45.8 Å². The van der Waals surface area contributed by atoms with Gasteiger partial charge in [0.1, 0.15) is 23.5 Å². The van der Waals surface area contributed by atoms with Crippen molar-refractivity contribution < 1.29 is 4.39 Å². The molecule has 0 radical (unpaired) electrons. The van der Waals surface area contributed by atoms with Crippen molar-refractivity contribution >= 4 is 22.6 Å². The number of benzene rings is 1. The van der Waals surface area contributed by atoms with Crippen LogP contribution >= 0.6 is 0 Å². The molecule has 0 spiro atoms. The second-order valence-corrected chi connectivity index (χ2v) is 7.50. The molecule has 0 bridgehead atoms. The Labute approximate surface area is 159 Å². The highest BCUT2D eigenvalue weighted by Gasteiger charge is 2.41. The van der Waals surface area contributed by atoms with Crippen LogP contribution < -0.4 is 0 Å². The number of aromatic nitrogens is 2. The van der Waals surface area contributed by atoms with Crippen molar-refractivity contribution in [2.45, 2.75) is 52.6 Å². The first-order valence-electron chi connectivity index (χ1n) is 9.70. The number of hydrogen-bond acceptors (Lipinski definition) is 4. The Kier molecular flexibility index (Phi) is 4.36. The van der Waals surface area contributed by atoms with E-state index in [9.17, 15) is 4.39 Å². The van der Waals surface area contributed by atoms with E-state index in [2.05, 4.69) is 26.8 Å². The molecule has 2 unspecified atom stereocenters. The molecule has 2 atom stereocenters. The maximum absolute atomic E-state index is 13.7. The van der Waals surface area contributed by atoms with E-state index in [0.717, 1.165) is 35.7 Å². The molecule has 2 aromatic rings. The predicted molar refractivity (Wildman–Crippen MR) is 107 cm³/mol. The zero-order valence-electron chi connectivity index (χ0n) is 16.6. The molecular formula is C21H26FN5. The minimum absolute atomic E-state index is 0.0211. The van der Waals surface area contributed by atoms with Gasteiger partial charge in [0.2, 0.25) is 0 Å². The Morgan fingerprint density at radius 2 is 1.96 bits per heavy atom. The Bertz CT molecular complexity index is 980. The molecule has 0 saturated carbocycles. The van der Waals surface area contributed by atoms with E-state index >= 15 is 0 Å². The van der Waals surface area contributed by atoms with Gasteiger partial charge in [0.15, 0.2) is 0 Å². The number of nitrogens with zero attached hydrogens (tertiary/aromatic N) is 5. The summed E-state index contributed by atoms with van der Waals surface area (Å²) in [4.78, 5) is 9.72. The van der Waals surface area contributed by atoms with Crippen LogP contribution in [0.15, 0.2) is 39.9 Å². The summed E-state index contributed by atoms with van der Waals surface area (Å²) in [7, 11) is 1.98. The van der Waals surface area contributed by atoms with Crippen LogP contribution in [0.4, 0.5) is 4.39 Å². The summed E-state index contributed by atoms with van der Waals surface area (Å²) in [6, 6.07) is 4.68. The zero-order valence-corrected chi connectivity index (χ0v) is 16.6. The lowest BCUT2D eigenvalue weighted by atomic mass is 9.91. The Morgan fingerprint density at radius 3 is 2.67 bits per heavy atom. The number of fused-ring (bicyclic) bond motifs is 2. The molecule has 2 aliphatic heterocycles. The average Bonchev–Trinajstić information content (AvgIpc) is 3.12. The molecule has 142 valence electrons. The highest BCUT2D eigenvalue weighted by Crippen LogP contribution is 2.39. The summed E-state index contributed by atoms with van der Waals surface area (Å²) in [5.74, 6) is 2.03. The maximum Gasteiger partial charge on any atom is 0.148 e. The van der Waals surface area contributed by atoms with Crippen molar-refractivity contribution in [3.63, 3.8) is 0 Å². The van der Waals surface area contributed by atoms with Gasteiger partial charge in [-0.3, -0.25) is 4.99 Å². The summed E-state index contributed by atoms with van der Waals surface area (Å²) in [5, 5.41) is 6.83. The summed E-state index contributed by atoms with van der Waals surface area (Å²) in [6.45, 7) is 8.57. The van der Waals surface area contributed by atoms with E-state index in [-0.39, 0.29) is 17.9 Å². The van der Waals surface area contributed by atoms with Gasteiger partial charge in [0.25, 0.3) is 0 Å². The van der Waals surface area contributed by atoms with Crippen molar-refractivity contribution in [1.29, 1.82) is 0 Å². The van der Waals surface area contributed by atoms with Crippen molar-refractivity contribution in [3.8, 4) is 0 Å². The fourth-order valence-corrected chi connectivity index (χ4v) is 4.27. The van der Waals surface area contributed by atoms with Crippen molar-refractivity contribution in [1.82, 2.24) is 14.6 Å². The van der Waals surface area contributed by atoms with Crippen LogP contribution in [0.2, 0.25) is 0 Å². The first kappa shape index (κ1) is 17.9. The highest BCUT2D eigenvalue weighted by molar-refractivity contribution is 6.10. The maximum atomic E-state index is 13.7. The number of aryl methyl sites for hydroxylation is 1. The van der Waals surface area contributed by atoms with Gasteiger partial charge in [0, 0.05) is 18.7 Å². The summed E-state index contributed by atoms with van der Waals surface area (Å²) < 4.78 is 15.7. The smallest absolute Gasteiger partial charge is 0.148 e. The van der Waals surface area contributed by atoms with Gasteiger partial charge < -0.3 is 4.57 Å². The second-order valence-electron chi connectivity index (χ2n) is 7.50. The Balaban J connectivity index is 1.79. The van der Waals surface area contributed by atoms with Crippen LogP contribution in [0.5, 0.6) is 0 Å². The van der Waals surface area contributed by atoms with Gasteiger partial charge in [-0.2, -0.15) is 5.10 Å². The van der Waals surface area contributed by atoms with E-state index in [0.29, 0.717) is 11.4 Å². The summed E-state index contributed by atoms with van der Waals surface area (Å²) in [6.07, 6.45) is 4.33. The third kappa shape index (κ3) is 2.78. The van der Waals surface area contributed by atoms with E-state index < -0.39 is 0 Å². The molecule has 1 aromatic carbocycles. The van der Waals surface area contributed by atoms with Crippen LogP contribution in [0.1, 0.15) is 52.4 Å². The molecule has 27 heavy (non-hydrogen) atoms. The number of hydrogen-bond donors (Lipinski definition) is 0. The van der Waals surface area contributed by atoms with Gasteiger partial charge in [-0.15, -0.1) is 0 Å². The SMILES string of the molecule is CCC(CC)C1=CC(C)=NN2C1=NC(C)C2c1nc2cc(F)ccc2n1C. The van der Waals surface area contributed by atoms with Crippen molar-refractivity contribution in [3.05, 3.63) is 41.5 Å². The molecule has 5 nitrogen and oxygen atoms in total. The number of allylic oxidation sites excluding steroid dienone is 1. The minimum Gasteiger partial charge on any atom is -0.329 e. The molecule has 3 heterocycles. The van der Waals surface area contributed by atoms with E-state index in [1.807, 2.05) is 23.5 Å². The number of rotatable bonds is 4. The predicted octanol–water partition coefficient (Wildman–Crippen LogP) is 4.61. The third-order valence-corrected chi connectivity index (χ3v) is 5.72. The van der Waals surface area contributed by atoms with Gasteiger partial charge in [-0.25, -0.2) is 14.4 Å². The lowest BCUT2D eigenvalue weighted by Gasteiger charge is -2.30. The lowest BCUT2D eigenvalue weighted by Crippen LogP contribution is -2.35. The monoisotopic (exact) mass is 367 g/mol. The number of halogens is 1. The first-order valence-corrected chi connectivity index (χ1v) is 9.70. The quantitative estimate of drug-likeness (QED) is 0.792. The number of hydrazone groups is 1. The second kappa shape index (κ2) is 6.59. The molecule has 0 N–H and O–H groups in total. The first-order chi connectivity index (χ1) is 12.9. The third-order valence-electron chi connectivity index (χ3n) is 5.72. The van der Waals surface area contributed by atoms with E-state index in [4.69, 9.17) is 15.1 Å². The Hall–Kier alpha value is -2.50. The van der Waals surface area contributed by atoms with Gasteiger partial charge in [0.05, 0.1) is 22.8 Å². The van der Waals surface area contributed by atoms with E-state index in [1.54, 1.807) is 6.07 Å². The van der Waals surface area contributed by atoms with Crippen LogP contribution in [-0.2, 0) is 7.05 Å². The van der Waals surface area contributed by atoms with Crippen molar-refractivity contribution in [2.75, 3.05) is 0 Å². The molecular weight excluding hydrogens is 341 g/mol. The minimum atomic E-state index is -0.269. The summed E-state index contributed by atoms with van der Waals surface area (Å²) in [5.41, 5.74) is 3.84. The molecule has 2 aliphatic rings. The fourth-order valence-electron chi connectivity index (χ4n) is 4.27. The molecule has 1 aromatic heterocycles. The zero-order chi connectivity index (χ0) is 19.3. The van der Waals surface area contributed by atoms with E-state index in [1.165, 1.54) is 17.7 Å². The number of imidazole rings is 1. The molecule has 0 fully saturated rings. The normalized spacial score (nSPS) is 22.2. The number of aliphatic imine (C=N–C) groups is 1.